The Balaban J connectivity index is 1.83. The van der Waals surface area contributed by atoms with Gasteiger partial charge in [0.15, 0.2) is 8.32 Å². The second kappa shape index (κ2) is 8.91. The van der Waals surface area contributed by atoms with Crippen LogP contribution < -0.4 is 5.19 Å². The van der Waals surface area contributed by atoms with Crippen LogP contribution in [0.4, 0.5) is 0 Å². The number of rotatable bonds is 8. The number of aromatic nitrogens is 2. The van der Waals surface area contributed by atoms with E-state index in [0.717, 1.165) is 25.0 Å². The Morgan fingerprint density at radius 2 is 1.32 bits per heavy atom. The van der Waals surface area contributed by atoms with E-state index in [9.17, 15) is 0 Å². The van der Waals surface area contributed by atoms with Crippen molar-refractivity contribution in [1.29, 1.82) is 0 Å². The summed E-state index contributed by atoms with van der Waals surface area (Å²) in [5, 5.41) is 1.48. The van der Waals surface area contributed by atoms with Crippen molar-refractivity contribution < 1.29 is 4.43 Å². The molecule has 0 radical (unpaired) electrons. The highest BCUT2D eigenvalue weighted by Crippen LogP contribution is 2.32. The summed E-state index contributed by atoms with van der Waals surface area (Å²) in [6.07, 6.45) is 7.03. The van der Waals surface area contributed by atoms with Gasteiger partial charge in [-0.05, 0) is 79.0 Å². The third kappa shape index (κ3) is 4.46. The maximum absolute atomic E-state index is 6.79. The molecule has 2 aliphatic carbocycles. The van der Waals surface area contributed by atoms with Gasteiger partial charge in [-0.3, -0.25) is 9.97 Å². The van der Waals surface area contributed by atoms with Crippen LogP contribution in [0.3, 0.4) is 0 Å². The molecule has 4 rings (SSSR count). The molecular formula is C26H40N2OSi2. The van der Waals surface area contributed by atoms with Gasteiger partial charge in [-0.1, -0.05) is 46.5 Å². The van der Waals surface area contributed by atoms with Crippen LogP contribution in [0.5, 0.6) is 0 Å². The standard InChI is InChI=1S/C26H40N2OSi2/c1-7-31(8-2,9-3)29-18-21-16-19-12-10-14-22(19)27-25(21)26-24(30(4,5)6)17-20-13-11-15-23(20)28-26/h16-17H,7-15,18H2,1-6H3. The minimum Gasteiger partial charge on any atom is -0.412 e. The third-order valence-corrected chi connectivity index (χ3v) is 14.3. The van der Waals surface area contributed by atoms with Crippen molar-refractivity contribution in [2.75, 3.05) is 0 Å². The van der Waals surface area contributed by atoms with Crippen LogP contribution in [-0.4, -0.2) is 26.4 Å². The summed E-state index contributed by atoms with van der Waals surface area (Å²) in [4.78, 5) is 10.6. The topological polar surface area (TPSA) is 35.0 Å². The number of aryl methyl sites for hydroxylation is 4. The fourth-order valence-corrected chi connectivity index (χ4v) is 9.41. The largest absolute Gasteiger partial charge is 0.412 e. The van der Waals surface area contributed by atoms with Crippen molar-refractivity contribution in [1.82, 2.24) is 9.97 Å². The zero-order chi connectivity index (χ0) is 22.2. The average Bonchev–Trinajstić information content (AvgIpc) is 3.41. The first-order chi connectivity index (χ1) is 14.8. The van der Waals surface area contributed by atoms with E-state index in [-0.39, 0.29) is 0 Å². The van der Waals surface area contributed by atoms with Gasteiger partial charge in [-0.2, -0.15) is 0 Å². The highest BCUT2D eigenvalue weighted by Gasteiger charge is 2.31. The molecule has 5 heteroatoms. The van der Waals surface area contributed by atoms with E-state index in [2.05, 4.69) is 52.5 Å². The molecule has 31 heavy (non-hydrogen) atoms. The quantitative estimate of drug-likeness (QED) is 0.448. The Labute approximate surface area is 191 Å². The summed E-state index contributed by atoms with van der Waals surface area (Å²) in [6.45, 7) is 15.0. The van der Waals surface area contributed by atoms with Crippen LogP contribution >= 0.6 is 0 Å². The molecule has 2 aromatic rings. The van der Waals surface area contributed by atoms with E-state index in [4.69, 9.17) is 14.4 Å². The Morgan fingerprint density at radius 3 is 1.87 bits per heavy atom. The van der Waals surface area contributed by atoms with Gasteiger partial charge in [-0.25, -0.2) is 0 Å². The van der Waals surface area contributed by atoms with Crippen LogP contribution in [0.1, 0.15) is 61.7 Å². The van der Waals surface area contributed by atoms with E-state index in [0.29, 0.717) is 6.61 Å². The summed E-state index contributed by atoms with van der Waals surface area (Å²) < 4.78 is 6.79. The molecule has 0 N–H and O–H groups in total. The molecule has 2 heterocycles. The first-order valence-corrected chi connectivity index (χ1v) is 18.5. The lowest BCUT2D eigenvalue weighted by atomic mass is 10.1. The predicted molar refractivity (Wildman–Crippen MR) is 136 cm³/mol. The molecule has 3 nitrogen and oxygen atoms in total. The molecule has 0 bridgehead atoms. The second-order valence-corrected chi connectivity index (χ2v) is 20.4. The van der Waals surface area contributed by atoms with Gasteiger partial charge in [-0.15, -0.1) is 0 Å². The van der Waals surface area contributed by atoms with E-state index in [1.54, 1.807) is 0 Å². The third-order valence-electron chi connectivity index (χ3n) is 7.68. The van der Waals surface area contributed by atoms with Gasteiger partial charge >= 0.3 is 0 Å². The molecule has 2 aliphatic rings. The fraction of sp³-hybridized carbons (Fsp3) is 0.615. The summed E-state index contributed by atoms with van der Waals surface area (Å²) in [5.74, 6) is 0. The lowest BCUT2D eigenvalue weighted by Crippen LogP contribution is -2.40. The molecule has 0 spiro atoms. The van der Waals surface area contributed by atoms with Crippen molar-refractivity contribution in [3.8, 4) is 11.4 Å². The molecule has 168 valence electrons. The van der Waals surface area contributed by atoms with Gasteiger partial charge in [0, 0.05) is 17.0 Å². The fourth-order valence-electron chi connectivity index (χ4n) is 5.35. The molecule has 0 fully saturated rings. The number of fused-ring (bicyclic) bond motifs is 2. The summed E-state index contributed by atoms with van der Waals surface area (Å²) in [5.41, 5.74) is 9.10. The van der Waals surface area contributed by atoms with Crippen LogP contribution in [0.25, 0.3) is 11.4 Å². The Kier molecular flexibility index (Phi) is 6.58. The minimum atomic E-state index is -1.66. The van der Waals surface area contributed by atoms with Gasteiger partial charge in [0.1, 0.15) is 0 Å². The minimum absolute atomic E-state index is 0.696. The normalized spacial score (nSPS) is 15.9. The summed E-state index contributed by atoms with van der Waals surface area (Å²) in [7, 11) is -3.22. The van der Waals surface area contributed by atoms with Crippen molar-refractivity contribution in [3.05, 3.63) is 40.2 Å². The van der Waals surface area contributed by atoms with Gasteiger partial charge < -0.3 is 4.43 Å². The Hall–Kier alpha value is -1.31. The predicted octanol–water partition coefficient (Wildman–Crippen LogP) is 6.19. The van der Waals surface area contributed by atoms with Crippen molar-refractivity contribution >= 4 is 21.6 Å². The van der Waals surface area contributed by atoms with Crippen molar-refractivity contribution in [3.63, 3.8) is 0 Å². The Bertz CT molecular complexity index is 953. The van der Waals surface area contributed by atoms with Gasteiger partial charge in [0.05, 0.1) is 26.1 Å². The molecular weight excluding hydrogens is 412 g/mol. The summed E-state index contributed by atoms with van der Waals surface area (Å²) >= 11 is 0. The van der Waals surface area contributed by atoms with Crippen LogP contribution in [0.15, 0.2) is 12.1 Å². The van der Waals surface area contributed by atoms with Crippen LogP contribution in [0, 0.1) is 0 Å². The molecule has 0 saturated carbocycles. The number of hydrogen-bond donors (Lipinski definition) is 0. The maximum Gasteiger partial charge on any atom is 0.192 e. The second-order valence-electron chi connectivity index (χ2n) is 10.6. The lowest BCUT2D eigenvalue weighted by molar-refractivity contribution is 0.287. The van der Waals surface area contributed by atoms with Crippen LogP contribution in [-0.2, 0) is 36.7 Å². The Morgan fingerprint density at radius 1 is 0.774 bits per heavy atom. The highest BCUT2D eigenvalue weighted by atomic mass is 28.4. The lowest BCUT2D eigenvalue weighted by Gasteiger charge is -2.29. The average molecular weight is 453 g/mol. The maximum atomic E-state index is 6.79. The zero-order valence-corrected chi connectivity index (χ0v) is 22.5. The monoisotopic (exact) mass is 452 g/mol. The zero-order valence-electron chi connectivity index (χ0n) is 20.5. The molecule has 2 aromatic heterocycles. The molecule has 0 amide bonds. The molecule has 0 aromatic carbocycles. The first-order valence-electron chi connectivity index (χ1n) is 12.5. The van der Waals surface area contributed by atoms with Crippen molar-refractivity contribution in [2.45, 2.75) is 104 Å². The summed E-state index contributed by atoms with van der Waals surface area (Å²) in [6, 6.07) is 8.48. The molecule has 0 aliphatic heterocycles. The molecule has 0 saturated heterocycles. The molecule has 0 unspecified atom stereocenters. The van der Waals surface area contributed by atoms with Gasteiger partial charge in [0.25, 0.3) is 0 Å². The first kappa shape index (κ1) is 22.9. The van der Waals surface area contributed by atoms with E-state index in [1.807, 2.05) is 0 Å². The number of nitrogens with zero attached hydrogens (tertiary/aromatic N) is 2. The van der Waals surface area contributed by atoms with Crippen LogP contribution in [0.2, 0.25) is 37.8 Å². The van der Waals surface area contributed by atoms with E-state index >= 15 is 0 Å². The smallest absolute Gasteiger partial charge is 0.192 e. The van der Waals surface area contributed by atoms with E-state index in [1.165, 1.54) is 76.4 Å². The highest BCUT2D eigenvalue weighted by molar-refractivity contribution is 6.89. The number of hydrogen-bond acceptors (Lipinski definition) is 3. The SMILES string of the molecule is CC[Si](CC)(CC)OCc1cc2c(nc1-c1nc3c(cc1[Si](C)(C)C)CCC3)CCC2. The van der Waals surface area contributed by atoms with Crippen molar-refractivity contribution in [2.24, 2.45) is 0 Å². The van der Waals surface area contributed by atoms with E-state index < -0.39 is 16.4 Å². The number of pyridine rings is 2. The van der Waals surface area contributed by atoms with Gasteiger partial charge in [0.2, 0.25) is 0 Å². The molecule has 0 atom stereocenters.